The molecule has 0 aliphatic heterocycles. The van der Waals surface area contributed by atoms with Crippen molar-refractivity contribution >= 4 is 33.0 Å². The second kappa shape index (κ2) is 3.75. The Labute approximate surface area is 90.1 Å². The minimum atomic E-state index is -0.257. The molecule has 0 aliphatic rings. The van der Waals surface area contributed by atoms with E-state index in [9.17, 15) is 4.39 Å². The molecular formula is C10H8ClFOS. The molecule has 1 aromatic carbocycles. The predicted molar refractivity (Wildman–Crippen MR) is 57.9 cm³/mol. The topological polar surface area (TPSA) is 9.23 Å². The minimum Gasteiger partial charge on any atom is -0.487 e. The van der Waals surface area contributed by atoms with Crippen molar-refractivity contribution in [2.24, 2.45) is 0 Å². The van der Waals surface area contributed by atoms with Crippen molar-refractivity contribution in [2.75, 3.05) is 7.11 Å². The number of hydrogen-bond acceptors (Lipinski definition) is 2. The molecule has 1 nitrogen and oxygen atoms in total. The average Bonchev–Trinajstić information content (AvgIpc) is 2.58. The molecule has 0 fully saturated rings. The van der Waals surface area contributed by atoms with Crippen molar-refractivity contribution in [1.29, 1.82) is 0 Å². The van der Waals surface area contributed by atoms with Crippen molar-refractivity contribution in [2.45, 2.75) is 5.88 Å². The highest BCUT2D eigenvalue weighted by molar-refractivity contribution is 7.20. The van der Waals surface area contributed by atoms with Gasteiger partial charge in [0.15, 0.2) is 5.06 Å². The number of hydrogen-bond donors (Lipinski definition) is 0. The molecule has 0 saturated carbocycles. The van der Waals surface area contributed by atoms with Gasteiger partial charge in [-0.05, 0) is 23.6 Å². The third-order valence-corrected chi connectivity index (χ3v) is 3.35. The van der Waals surface area contributed by atoms with E-state index in [1.54, 1.807) is 13.2 Å². The molecule has 1 aromatic heterocycles. The van der Waals surface area contributed by atoms with Gasteiger partial charge in [0.25, 0.3) is 0 Å². The van der Waals surface area contributed by atoms with Crippen LogP contribution in [-0.4, -0.2) is 7.11 Å². The van der Waals surface area contributed by atoms with Crippen LogP contribution in [0.2, 0.25) is 0 Å². The third-order valence-electron chi connectivity index (χ3n) is 2.01. The van der Waals surface area contributed by atoms with Crippen LogP contribution in [0.3, 0.4) is 0 Å². The van der Waals surface area contributed by atoms with Crippen LogP contribution in [0.25, 0.3) is 10.1 Å². The van der Waals surface area contributed by atoms with Gasteiger partial charge in [-0.2, -0.15) is 0 Å². The molecule has 0 atom stereocenters. The molecule has 0 saturated heterocycles. The van der Waals surface area contributed by atoms with E-state index in [4.69, 9.17) is 16.3 Å². The zero-order chi connectivity index (χ0) is 10.1. The molecule has 0 aliphatic carbocycles. The van der Waals surface area contributed by atoms with Gasteiger partial charge in [0, 0.05) is 10.3 Å². The minimum absolute atomic E-state index is 0.196. The maximum absolute atomic E-state index is 13.3. The Kier molecular flexibility index (Phi) is 2.61. The lowest BCUT2D eigenvalue weighted by molar-refractivity contribution is 0.427. The van der Waals surface area contributed by atoms with E-state index in [0.29, 0.717) is 5.56 Å². The van der Waals surface area contributed by atoms with Gasteiger partial charge < -0.3 is 4.74 Å². The van der Waals surface area contributed by atoms with Crippen LogP contribution in [0.5, 0.6) is 5.06 Å². The Bertz CT molecular complexity index is 466. The van der Waals surface area contributed by atoms with Crippen LogP contribution >= 0.6 is 22.9 Å². The van der Waals surface area contributed by atoms with E-state index < -0.39 is 0 Å². The standard InChI is InChI=1S/C10H8ClFOS/c1-13-10-4-6-2-8(12)7(5-11)3-9(6)14-10/h2-4H,5H2,1H3. The maximum atomic E-state index is 13.3. The second-order valence-corrected chi connectivity index (χ2v) is 4.20. The van der Waals surface area contributed by atoms with Crippen LogP contribution in [0.1, 0.15) is 5.56 Å². The van der Waals surface area contributed by atoms with Gasteiger partial charge in [0.1, 0.15) is 5.82 Å². The highest BCUT2D eigenvalue weighted by Crippen LogP contribution is 2.33. The van der Waals surface area contributed by atoms with Gasteiger partial charge in [0.05, 0.1) is 13.0 Å². The number of alkyl halides is 1. The van der Waals surface area contributed by atoms with E-state index in [1.165, 1.54) is 17.4 Å². The number of methoxy groups -OCH3 is 1. The summed E-state index contributed by atoms with van der Waals surface area (Å²) in [5, 5.41) is 1.64. The summed E-state index contributed by atoms with van der Waals surface area (Å²) >= 11 is 7.09. The lowest BCUT2D eigenvalue weighted by Crippen LogP contribution is -1.83. The molecule has 0 N–H and O–H groups in total. The average molecular weight is 231 g/mol. The number of fused-ring (bicyclic) bond motifs is 1. The van der Waals surface area contributed by atoms with Crippen LogP contribution in [0.4, 0.5) is 4.39 Å². The Balaban J connectivity index is 2.64. The number of thiophene rings is 1. The fourth-order valence-corrected chi connectivity index (χ4v) is 2.41. The lowest BCUT2D eigenvalue weighted by Gasteiger charge is -1.97. The summed E-state index contributed by atoms with van der Waals surface area (Å²) < 4.78 is 19.4. The molecule has 1 heterocycles. The quantitative estimate of drug-likeness (QED) is 0.714. The fourth-order valence-electron chi connectivity index (χ4n) is 1.28. The predicted octanol–water partition coefficient (Wildman–Crippen LogP) is 3.79. The summed E-state index contributed by atoms with van der Waals surface area (Å²) in [6.07, 6.45) is 0. The van der Waals surface area contributed by atoms with E-state index in [0.717, 1.165) is 15.1 Å². The summed E-state index contributed by atoms with van der Waals surface area (Å²) in [6, 6.07) is 5.08. The highest BCUT2D eigenvalue weighted by atomic mass is 35.5. The molecule has 14 heavy (non-hydrogen) atoms. The first kappa shape index (κ1) is 9.74. The lowest BCUT2D eigenvalue weighted by atomic mass is 10.2. The first-order chi connectivity index (χ1) is 6.74. The van der Waals surface area contributed by atoms with Gasteiger partial charge in [0.2, 0.25) is 0 Å². The number of benzene rings is 1. The van der Waals surface area contributed by atoms with Crippen molar-refractivity contribution in [3.63, 3.8) is 0 Å². The number of ether oxygens (including phenoxy) is 1. The molecule has 2 aromatic rings. The van der Waals surface area contributed by atoms with Gasteiger partial charge in [-0.3, -0.25) is 0 Å². The van der Waals surface area contributed by atoms with Crippen LogP contribution < -0.4 is 4.74 Å². The number of halogens is 2. The Morgan fingerprint density at radius 3 is 2.86 bits per heavy atom. The Morgan fingerprint density at radius 2 is 2.21 bits per heavy atom. The molecule has 0 unspecified atom stereocenters. The van der Waals surface area contributed by atoms with Crippen LogP contribution in [0, 0.1) is 5.82 Å². The summed E-state index contributed by atoms with van der Waals surface area (Å²) in [5.74, 6) is -0.0601. The van der Waals surface area contributed by atoms with Gasteiger partial charge in [-0.1, -0.05) is 11.3 Å². The Morgan fingerprint density at radius 1 is 1.43 bits per heavy atom. The van der Waals surface area contributed by atoms with Gasteiger partial charge >= 0.3 is 0 Å². The maximum Gasteiger partial charge on any atom is 0.174 e. The largest absolute Gasteiger partial charge is 0.487 e. The number of rotatable bonds is 2. The SMILES string of the molecule is COc1cc2cc(F)c(CCl)cc2s1. The fraction of sp³-hybridized carbons (Fsp3) is 0.200. The smallest absolute Gasteiger partial charge is 0.174 e. The first-order valence-electron chi connectivity index (χ1n) is 4.06. The van der Waals surface area contributed by atoms with E-state index in [1.807, 2.05) is 6.07 Å². The van der Waals surface area contributed by atoms with Crippen molar-refractivity contribution in [3.8, 4) is 5.06 Å². The zero-order valence-electron chi connectivity index (χ0n) is 7.51. The summed E-state index contributed by atoms with van der Waals surface area (Å²) in [6.45, 7) is 0. The first-order valence-corrected chi connectivity index (χ1v) is 5.41. The van der Waals surface area contributed by atoms with Crippen LogP contribution in [0.15, 0.2) is 18.2 Å². The molecular weight excluding hydrogens is 223 g/mol. The molecule has 0 radical (unpaired) electrons. The summed E-state index contributed by atoms with van der Waals surface area (Å²) in [4.78, 5) is 0. The summed E-state index contributed by atoms with van der Waals surface area (Å²) in [5.41, 5.74) is 0.531. The van der Waals surface area contributed by atoms with Gasteiger partial charge in [-0.25, -0.2) is 4.39 Å². The molecule has 0 spiro atoms. The van der Waals surface area contributed by atoms with Gasteiger partial charge in [-0.15, -0.1) is 11.6 Å². The molecule has 0 amide bonds. The normalized spacial score (nSPS) is 10.8. The third kappa shape index (κ3) is 1.57. The Hall–Kier alpha value is -0.800. The molecule has 2 rings (SSSR count). The second-order valence-electron chi connectivity index (χ2n) is 2.88. The van der Waals surface area contributed by atoms with E-state index in [-0.39, 0.29) is 11.7 Å². The van der Waals surface area contributed by atoms with Crippen molar-refractivity contribution in [3.05, 3.63) is 29.6 Å². The molecule has 74 valence electrons. The monoisotopic (exact) mass is 230 g/mol. The van der Waals surface area contributed by atoms with Crippen LogP contribution in [-0.2, 0) is 5.88 Å². The van der Waals surface area contributed by atoms with Crippen molar-refractivity contribution < 1.29 is 9.13 Å². The zero-order valence-corrected chi connectivity index (χ0v) is 9.08. The summed E-state index contributed by atoms with van der Waals surface area (Å²) in [7, 11) is 1.60. The van der Waals surface area contributed by atoms with E-state index >= 15 is 0 Å². The molecule has 4 heteroatoms. The van der Waals surface area contributed by atoms with E-state index in [2.05, 4.69) is 0 Å². The highest BCUT2D eigenvalue weighted by Gasteiger charge is 2.07. The van der Waals surface area contributed by atoms with Crippen molar-refractivity contribution in [1.82, 2.24) is 0 Å². The molecule has 0 bridgehead atoms.